The second-order valence-corrected chi connectivity index (χ2v) is 5.64. The maximum Gasteiger partial charge on any atom is 0.202 e. The van der Waals surface area contributed by atoms with Crippen LogP contribution in [0, 0.1) is 5.92 Å². The number of nitrogens with one attached hydrogen (secondary N) is 1. The third kappa shape index (κ3) is 3.15. The van der Waals surface area contributed by atoms with Gasteiger partial charge in [0.25, 0.3) is 0 Å². The summed E-state index contributed by atoms with van der Waals surface area (Å²) in [6.07, 6.45) is 3.41. The molecule has 0 radical (unpaired) electrons. The molecule has 1 aliphatic rings. The van der Waals surface area contributed by atoms with E-state index in [-0.39, 0.29) is 12.6 Å². The molecule has 0 saturated heterocycles. The number of aliphatic hydroxyl groups is 1. The van der Waals surface area contributed by atoms with E-state index in [9.17, 15) is 5.11 Å². The van der Waals surface area contributed by atoms with Crippen LogP contribution in [0.3, 0.4) is 0 Å². The van der Waals surface area contributed by atoms with Crippen molar-refractivity contribution in [3.63, 3.8) is 0 Å². The van der Waals surface area contributed by atoms with Gasteiger partial charge in [-0.3, -0.25) is 0 Å². The van der Waals surface area contributed by atoms with Crippen LogP contribution in [0.5, 0.6) is 0 Å². The Morgan fingerprint density at radius 2 is 2.25 bits per heavy atom. The summed E-state index contributed by atoms with van der Waals surface area (Å²) < 4.78 is 4.33. The second kappa shape index (κ2) is 5.10. The molecule has 0 aliphatic heterocycles. The van der Waals surface area contributed by atoms with Gasteiger partial charge in [-0.2, -0.15) is 4.37 Å². The molecular formula is C11H19N3OS. The van der Waals surface area contributed by atoms with Gasteiger partial charge in [-0.1, -0.05) is 13.8 Å². The summed E-state index contributed by atoms with van der Waals surface area (Å²) in [7, 11) is 0. The number of nitrogens with zero attached hydrogens (tertiary/aromatic N) is 2. The average Bonchev–Trinajstić information content (AvgIpc) is 2.98. The predicted octanol–water partition coefficient (Wildman–Crippen LogP) is 2.23. The van der Waals surface area contributed by atoms with Crippen molar-refractivity contribution in [2.45, 2.75) is 45.1 Å². The summed E-state index contributed by atoms with van der Waals surface area (Å²) in [6.45, 7) is 4.46. The molecule has 1 atom stereocenters. The standard InChI is InChI=1S/C11H19N3OS/c1-7(2)5-9(6-15)12-11-13-10(14-16-11)8-3-4-8/h7-9,15H,3-6H2,1-2H3,(H,12,13,14). The van der Waals surface area contributed by atoms with Crippen molar-refractivity contribution >= 4 is 16.7 Å². The first-order chi connectivity index (χ1) is 7.69. The van der Waals surface area contributed by atoms with Crippen molar-refractivity contribution in [1.29, 1.82) is 0 Å². The second-order valence-electron chi connectivity index (χ2n) is 4.89. The Morgan fingerprint density at radius 1 is 1.50 bits per heavy atom. The van der Waals surface area contributed by atoms with Crippen LogP contribution < -0.4 is 5.32 Å². The molecule has 90 valence electrons. The predicted molar refractivity (Wildman–Crippen MR) is 65.8 cm³/mol. The van der Waals surface area contributed by atoms with Crippen LogP contribution >= 0.6 is 11.5 Å². The first-order valence-electron chi connectivity index (χ1n) is 5.90. The molecule has 2 N–H and O–H groups in total. The number of rotatable bonds is 6. The molecule has 1 heterocycles. The molecule has 1 aromatic heterocycles. The minimum absolute atomic E-state index is 0.0972. The Hall–Kier alpha value is -0.680. The summed E-state index contributed by atoms with van der Waals surface area (Å²) >= 11 is 1.41. The minimum atomic E-state index is 0.0972. The van der Waals surface area contributed by atoms with Gasteiger partial charge < -0.3 is 10.4 Å². The number of hydrogen-bond donors (Lipinski definition) is 2. The van der Waals surface area contributed by atoms with Crippen LogP contribution in [-0.4, -0.2) is 27.1 Å². The van der Waals surface area contributed by atoms with Gasteiger partial charge in [-0.15, -0.1) is 0 Å². The van der Waals surface area contributed by atoms with Crippen LogP contribution in [0.1, 0.15) is 44.9 Å². The molecule has 4 nitrogen and oxygen atoms in total. The van der Waals surface area contributed by atoms with E-state index in [1.807, 2.05) is 0 Å². The first kappa shape index (κ1) is 11.8. The summed E-state index contributed by atoms with van der Waals surface area (Å²) in [5, 5.41) is 13.4. The van der Waals surface area contributed by atoms with Crippen LogP contribution in [0.2, 0.25) is 0 Å². The van der Waals surface area contributed by atoms with Gasteiger partial charge in [0.2, 0.25) is 5.13 Å². The minimum Gasteiger partial charge on any atom is -0.394 e. The number of aromatic nitrogens is 2. The van der Waals surface area contributed by atoms with Gasteiger partial charge >= 0.3 is 0 Å². The molecular weight excluding hydrogens is 222 g/mol. The molecule has 5 heteroatoms. The monoisotopic (exact) mass is 241 g/mol. The lowest BCUT2D eigenvalue weighted by atomic mass is 10.0. The molecule has 0 spiro atoms. The van der Waals surface area contributed by atoms with Crippen molar-refractivity contribution < 1.29 is 5.11 Å². The van der Waals surface area contributed by atoms with Crippen LogP contribution in [-0.2, 0) is 0 Å². The molecule has 2 rings (SSSR count). The fourth-order valence-electron chi connectivity index (χ4n) is 1.72. The average molecular weight is 241 g/mol. The molecule has 16 heavy (non-hydrogen) atoms. The molecule has 0 bridgehead atoms. The van der Waals surface area contributed by atoms with Crippen LogP contribution in [0.15, 0.2) is 0 Å². The lowest BCUT2D eigenvalue weighted by Crippen LogP contribution is -2.25. The largest absolute Gasteiger partial charge is 0.394 e. The lowest BCUT2D eigenvalue weighted by molar-refractivity contribution is 0.259. The third-order valence-corrected chi connectivity index (χ3v) is 3.35. The molecule has 0 aromatic carbocycles. The molecule has 1 aromatic rings. The Kier molecular flexibility index (Phi) is 3.76. The summed E-state index contributed by atoms with van der Waals surface area (Å²) in [5.74, 6) is 2.15. The highest BCUT2D eigenvalue weighted by Gasteiger charge is 2.28. The quantitative estimate of drug-likeness (QED) is 0.802. The lowest BCUT2D eigenvalue weighted by Gasteiger charge is -2.16. The molecule has 1 unspecified atom stereocenters. The molecule has 1 aliphatic carbocycles. The van der Waals surface area contributed by atoms with Crippen LogP contribution in [0.4, 0.5) is 5.13 Å². The normalized spacial score (nSPS) is 17.8. The first-order valence-corrected chi connectivity index (χ1v) is 6.67. The Bertz CT molecular complexity index is 336. The SMILES string of the molecule is CC(C)CC(CO)Nc1nc(C2CC2)ns1. The Labute approximate surface area is 100 Å². The number of anilines is 1. The van der Waals surface area contributed by atoms with Crippen molar-refractivity contribution in [2.24, 2.45) is 5.92 Å². The summed E-state index contributed by atoms with van der Waals surface area (Å²) in [5.41, 5.74) is 0. The van der Waals surface area contributed by atoms with E-state index in [0.717, 1.165) is 17.4 Å². The number of hydrogen-bond acceptors (Lipinski definition) is 5. The highest BCUT2D eigenvalue weighted by atomic mass is 32.1. The maximum absolute atomic E-state index is 9.26. The van der Waals surface area contributed by atoms with E-state index in [4.69, 9.17) is 0 Å². The fourth-order valence-corrected chi connectivity index (χ4v) is 2.45. The van der Waals surface area contributed by atoms with Gasteiger partial charge in [-0.25, -0.2) is 4.98 Å². The Morgan fingerprint density at radius 3 is 2.81 bits per heavy atom. The molecule has 1 saturated carbocycles. The van der Waals surface area contributed by atoms with Crippen molar-refractivity contribution in [2.75, 3.05) is 11.9 Å². The van der Waals surface area contributed by atoms with Gasteiger partial charge in [0.15, 0.2) is 0 Å². The van der Waals surface area contributed by atoms with E-state index < -0.39 is 0 Å². The third-order valence-electron chi connectivity index (χ3n) is 2.69. The van der Waals surface area contributed by atoms with E-state index in [1.165, 1.54) is 24.4 Å². The van der Waals surface area contributed by atoms with Crippen molar-refractivity contribution in [3.05, 3.63) is 5.82 Å². The molecule has 1 fully saturated rings. The van der Waals surface area contributed by atoms with Crippen molar-refractivity contribution in [1.82, 2.24) is 9.36 Å². The highest BCUT2D eigenvalue weighted by Crippen LogP contribution is 2.39. The van der Waals surface area contributed by atoms with Crippen LogP contribution in [0.25, 0.3) is 0 Å². The smallest absolute Gasteiger partial charge is 0.202 e. The van der Waals surface area contributed by atoms with Gasteiger partial charge in [-0.05, 0) is 25.2 Å². The highest BCUT2D eigenvalue weighted by molar-refractivity contribution is 7.09. The fraction of sp³-hybridized carbons (Fsp3) is 0.818. The van der Waals surface area contributed by atoms with E-state index in [2.05, 4.69) is 28.5 Å². The topological polar surface area (TPSA) is 58.0 Å². The number of aliphatic hydroxyl groups excluding tert-OH is 1. The van der Waals surface area contributed by atoms with Gasteiger partial charge in [0.05, 0.1) is 12.6 Å². The van der Waals surface area contributed by atoms with E-state index in [0.29, 0.717) is 11.8 Å². The zero-order valence-corrected chi connectivity index (χ0v) is 10.6. The summed E-state index contributed by atoms with van der Waals surface area (Å²) in [6, 6.07) is 0.0972. The van der Waals surface area contributed by atoms with Gasteiger partial charge in [0, 0.05) is 17.5 Å². The maximum atomic E-state index is 9.26. The Balaban J connectivity index is 1.90. The zero-order chi connectivity index (χ0) is 11.5. The van der Waals surface area contributed by atoms with E-state index in [1.54, 1.807) is 0 Å². The van der Waals surface area contributed by atoms with Gasteiger partial charge in [0.1, 0.15) is 5.82 Å². The van der Waals surface area contributed by atoms with E-state index >= 15 is 0 Å². The summed E-state index contributed by atoms with van der Waals surface area (Å²) in [4.78, 5) is 4.45. The van der Waals surface area contributed by atoms with Crippen molar-refractivity contribution in [3.8, 4) is 0 Å². The zero-order valence-electron chi connectivity index (χ0n) is 9.81. The molecule has 0 amide bonds.